The normalized spacial score (nSPS) is 17.6. The standard InChI is InChI=1S/C16H23N3O2S/c1-2-5-17-16(22)19-8-6-18(7-9-19)11-13-3-4-14-15(10-13)21-12-20-14/h3-4,10H,2,5-9,11-12H2,1H3,(H,17,22)/p+1. The summed E-state index contributed by atoms with van der Waals surface area (Å²) in [6.45, 7) is 8.76. The molecule has 5 nitrogen and oxygen atoms in total. The first kappa shape index (κ1) is 15.4. The molecule has 1 aromatic rings. The summed E-state index contributed by atoms with van der Waals surface area (Å²) in [5.74, 6) is 1.73. The molecule has 0 aliphatic carbocycles. The van der Waals surface area contributed by atoms with Crippen molar-refractivity contribution in [3.05, 3.63) is 23.8 Å². The molecule has 2 N–H and O–H groups in total. The fourth-order valence-corrected chi connectivity index (χ4v) is 3.17. The highest BCUT2D eigenvalue weighted by Crippen LogP contribution is 2.32. The second-order valence-electron chi connectivity index (χ2n) is 5.83. The van der Waals surface area contributed by atoms with Crippen molar-refractivity contribution in [2.75, 3.05) is 39.5 Å². The molecule has 2 aliphatic heterocycles. The van der Waals surface area contributed by atoms with Crippen molar-refractivity contribution in [3.8, 4) is 11.5 Å². The van der Waals surface area contributed by atoms with Crippen molar-refractivity contribution >= 4 is 17.3 Å². The van der Waals surface area contributed by atoms with Gasteiger partial charge in [-0.25, -0.2) is 0 Å². The minimum atomic E-state index is 0.340. The average Bonchev–Trinajstić information content (AvgIpc) is 3.01. The minimum absolute atomic E-state index is 0.340. The van der Waals surface area contributed by atoms with Gasteiger partial charge in [-0.05, 0) is 36.8 Å². The van der Waals surface area contributed by atoms with Crippen molar-refractivity contribution < 1.29 is 14.4 Å². The molecule has 0 bridgehead atoms. The molecule has 0 atom stereocenters. The molecule has 0 aromatic heterocycles. The lowest BCUT2D eigenvalue weighted by Crippen LogP contribution is -3.13. The van der Waals surface area contributed by atoms with Crippen LogP contribution in [0.25, 0.3) is 0 Å². The Labute approximate surface area is 137 Å². The number of hydrogen-bond donors (Lipinski definition) is 2. The first-order valence-corrected chi connectivity index (χ1v) is 8.42. The quantitative estimate of drug-likeness (QED) is 0.785. The number of fused-ring (bicyclic) bond motifs is 1. The van der Waals surface area contributed by atoms with Crippen LogP contribution in [-0.2, 0) is 6.54 Å². The van der Waals surface area contributed by atoms with Crippen molar-refractivity contribution in [2.45, 2.75) is 19.9 Å². The molecule has 1 saturated heterocycles. The van der Waals surface area contributed by atoms with Gasteiger partial charge in [-0.3, -0.25) is 0 Å². The van der Waals surface area contributed by atoms with E-state index in [0.29, 0.717) is 6.79 Å². The molecule has 0 spiro atoms. The zero-order chi connectivity index (χ0) is 15.4. The van der Waals surface area contributed by atoms with E-state index in [1.165, 1.54) is 5.56 Å². The molecule has 22 heavy (non-hydrogen) atoms. The number of rotatable bonds is 4. The monoisotopic (exact) mass is 322 g/mol. The number of quaternary nitrogens is 1. The van der Waals surface area contributed by atoms with Crippen molar-refractivity contribution in [2.24, 2.45) is 0 Å². The maximum Gasteiger partial charge on any atom is 0.231 e. The third-order valence-electron chi connectivity index (χ3n) is 4.18. The second-order valence-corrected chi connectivity index (χ2v) is 6.22. The van der Waals surface area contributed by atoms with Gasteiger partial charge in [0.05, 0.1) is 26.2 Å². The highest BCUT2D eigenvalue weighted by atomic mass is 32.1. The summed E-state index contributed by atoms with van der Waals surface area (Å²) in [5, 5.41) is 4.22. The Kier molecular flexibility index (Phi) is 5.00. The third-order valence-corrected chi connectivity index (χ3v) is 4.58. The molecule has 0 amide bonds. The van der Waals surface area contributed by atoms with Gasteiger partial charge in [0.1, 0.15) is 6.54 Å². The molecular weight excluding hydrogens is 298 g/mol. The summed E-state index contributed by atoms with van der Waals surface area (Å²) in [5.41, 5.74) is 1.30. The fraction of sp³-hybridized carbons (Fsp3) is 0.562. The number of nitrogens with one attached hydrogen (secondary N) is 2. The molecule has 0 unspecified atom stereocenters. The molecule has 1 fully saturated rings. The molecule has 3 rings (SSSR count). The Morgan fingerprint density at radius 3 is 2.82 bits per heavy atom. The number of piperazine rings is 1. The molecule has 0 saturated carbocycles. The van der Waals surface area contributed by atoms with Crippen LogP contribution in [0.1, 0.15) is 18.9 Å². The maximum absolute atomic E-state index is 5.45. The molecule has 2 heterocycles. The van der Waals surface area contributed by atoms with Crippen LogP contribution in [0.2, 0.25) is 0 Å². The van der Waals surface area contributed by atoms with E-state index < -0.39 is 0 Å². The van der Waals surface area contributed by atoms with Crippen LogP contribution >= 0.6 is 12.2 Å². The second kappa shape index (κ2) is 7.15. The molecule has 0 radical (unpaired) electrons. The van der Waals surface area contributed by atoms with Crippen LogP contribution in [0.4, 0.5) is 0 Å². The van der Waals surface area contributed by atoms with Gasteiger partial charge in [-0.2, -0.15) is 0 Å². The summed E-state index contributed by atoms with van der Waals surface area (Å²) in [6.07, 6.45) is 1.11. The van der Waals surface area contributed by atoms with E-state index in [9.17, 15) is 0 Å². The lowest BCUT2D eigenvalue weighted by Gasteiger charge is -2.33. The van der Waals surface area contributed by atoms with E-state index in [2.05, 4.69) is 29.3 Å². The van der Waals surface area contributed by atoms with Gasteiger partial charge in [-0.1, -0.05) is 6.92 Å². The number of hydrogen-bond acceptors (Lipinski definition) is 3. The highest BCUT2D eigenvalue weighted by Gasteiger charge is 2.22. The molecule has 6 heteroatoms. The average molecular weight is 322 g/mol. The Hall–Kier alpha value is -1.53. The maximum atomic E-state index is 5.45. The zero-order valence-corrected chi connectivity index (χ0v) is 13.9. The van der Waals surface area contributed by atoms with Crippen LogP contribution in [0.15, 0.2) is 18.2 Å². The highest BCUT2D eigenvalue weighted by molar-refractivity contribution is 7.80. The van der Waals surface area contributed by atoms with E-state index in [-0.39, 0.29) is 0 Å². The van der Waals surface area contributed by atoms with E-state index in [1.54, 1.807) is 4.90 Å². The SMILES string of the molecule is CCCNC(=S)N1CC[NH+](Cc2ccc3c(c2)OCO3)CC1. The number of nitrogens with zero attached hydrogens (tertiary/aromatic N) is 1. The zero-order valence-electron chi connectivity index (χ0n) is 13.1. The van der Waals surface area contributed by atoms with Crippen LogP contribution in [0.3, 0.4) is 0 Å². The molecular formula is C16H24N3O2S+. The summed E-state index contributed by atoms with van der Waals surface area (Å²) in [6, 6.07) is 6.26. The smallest absolute Gasteiger partial charge is 0.231 e. The van der Waals surface area contributed by atoms with Gasteiger partial charge in [-0.15, -0.1) is 0 Å². The van der Waals surface area contributed by atoms with Gasteiger partial charge in [0.2, 0.25) is 6.79 Å². The molecule has 1 aromatic carbocycles. The van der Waals surface area contributed by atoms with Crippen LogP contribution in [0, 0.1) is 0 Å². The Balaban J connectivity index is 1.49. The Bertz CT molecular complexity index is 530. The van der Waals surface area contributed by atoms with Gasteiger partial charge < -0.3 is 24.6 Å². The van der Waals surface area contributed by atoms with Gasteiger partial charge >= 0.3 is 0 Å². The van der Waals surface area contributed by atoms with Crippen molar-refractivity contribution in [3.63, 3.8) is 0 Å². The number of benzene rings is 1. The number of ether oxygens (including phenoxy) is 2. The first-order chi connectivity index (χ1) is 10.8. The molecule has 2 aliphatic rings. The third kappa shape index (κ3) is 3.62. The van der Waals surface area contributed by atoms with E-state index in [0.717, 1.165) is 62.3 Å². The lowest BCUT2D eigenvalue weighted by atomic mass is 10.1. The summed E-state index contributed by atoms with van der Waals surface area (Å²) in [7, 11) is 0. The minimum Gasteiger partial charge on any atom is -0.454 e. The largest absolute Gasteiger partial charge is 0.454 e. The van der Waals surface area contributed by atoms with Crippen molar-refractivity contribution in [1.82, 2.24) is 10.2 Å². The topological polar surface area (TPSA) is 38.2 Å². The Morgan fingerprint density at radius 1 is 1.27 bits per heavy atom. The van der Waals surface area contributed by atoms with Crippen LogP contribution < -0.4 is 19.7 Å². The summed E-state index contributed by atoms with van der Waals surface area (Å²) >= 11 is 5.44. The summed E-state index contributed by atoms with van der Waals surface area (Å²) in [4.78, 5) is 3.88. The van der Waals surface area contributed by atoms with E-state index in [4.69, 9.17) is 21.7 Å². The van der Waals surface area contributed by atoms with Crippen LogP contribution in [-0.4, -0.2) is 49.5 Å². The Morgan fingerprint density at radius 2 is 2.05 bits per heavy atom. The fourth-order valence-electron chi connectivity index (χ4n) is 2.89. The molecule has 120 valence electrons. The predicted molar refractivity (Wildman–Crippen MR) is 89.4 cm³/mol. The van der Waals surface area contributed by atoms with E-state index >= 15 is 0 Å². The lowest BCUT2D eigenvalue weighted by molar-refractivity contribution is -0.917. The van der Waals surface area contributed by atoms with Gasteiger partial charge in [0.15, 0.2) is 16.6 Å². The van der Waals surface area contributed by atoms with Gasteiger partial charge in [0.25, 0.3) is 0 Å². The number of thiocarbonyl (C=S) groups is 1. The first-order valence-electron chi connectivity index (χ1n) is 8.01. The van der Waals surface area contributed by atoms with Gasteiger partial charge in [0, 0.05) is 12.1 Å². The predicted octanol–water partition coefficient (Wildman–Crippen LogP) is 0.400. The van der Waals surface area contributed by atoms with Crippen LogP contribution in [0.5, 0.6) is 11.5 Å². The van der Waals surface area contributed by atoms with E-state index in [1.807, 2.05) is 6.07 Å². The van der Waals surface area contributed by atoms with Crippen molar-refractivity contribution in [1.29, 1.82) is 0 Å². The summed E-state index contributed by atoms with van der Waals surface area (Å²) < 4.78 is 10.8.